The van der Waals surface area contributed by atoms with Crippen LogP contribution in [0.15, 0.2) is 54.6 Å². The molecule has 1 atom stereocenters. The van der Waals surface area contributed by atoms with Gasteiger partial charge >= 0.3 is 0 Å². The second kappa shape index (κ2) is 7.17. The number of para-hydroxylation sites is 1. The van der Waals surface area contributed by atoms with Crippen LogP contribution in [0.4, 0.5) is 5.69 Å². The van der Waals surface area contributed by atoms with Crippen LogP contribution in [0.2, 0.25) is 0 Å². The maximum atomic E-state index is 12.8. The fourth-order valence-electron chi connectivity index (χ4n) is 5.15. The zero-order chi connectivity index (χ0) is 17.6. The molecule has 2 aromatic carbocycles. The molecule has 4 nitrogen and oxygen atoms in total. The van der Waals surface area contributed by atoms with Crippen LogP contribution >= 0.6 is 12.4 Å². The van der Waals surface area contributed by atoms with Crippen LogP contribution in [-0.4, -0.2) is 36.1 Å². The number of likely N-dealkylation sites (tertiary alicyclic amines) is 1. The Labute approximate surface area is 167 Å². The molecule has 2 saturated heterocycles. The number of rotatable bonds is 2. The number of hydrogen-bond acceptors (Lipinski definition) is 3. The van der Waals surface area contributed by atoms with Crippen molar-refractivity contribution in [1.82, 2.24) is 10.2 Å². The number of nitrogens with one attached hydrogen (secondary N) is 1. The van der Waals surface area contributed by atoms with Gasteiger partial charge < -0.3 is 10.2 Å². The maximum Gasteiger partial charge on any atom is 0.247 e. The van der Waals surface area contributed by atoms with E-state index in [1.54, 1.807) is 0 Å². The number of hydrogen-bond donors (Lipinski definition) is 1. The lowest BCUT2D eigenvalue weighted by Crippen LogP contribution is -2.56. The molecule has 27 heavy (non-hydrogen) atoms. The molecule has 0 saturated carbocycles. The summed E-state index contributed by atoms with van der Waals surface area (Å²) in [5, 5.41) is 3.10. The number of carbonyl (C=O) groups excluding carboxylic acids is 1. The summed E-state index contributed by atoms with van der Waals surface area (Å²) in [6, 6.07) is 19.7. The molecule has 1 N–H and O–H groups in total. The molecule has 0 radical (unpaired) electrons. The number of aryl methyl sites for hydroxylation is 1. The van der Waals surface area contributed by atoms with E-state index in [4.69, 9.17) is 0 Å². The first-order valence-electron chi connectivity index (χ1n) is 9.71. The van der Waals surface area contributed by atoms with Crippen LogP contribution in [0.25, 0.3) is 0 Å². The van der Waals surface area contributed by atoms with Gasteiger partial charge in [-0.1, -0.05) is 42.5 Å². The minimum atomic E-state index is -0.379. The minimum Gasteiger partial charge on any atom is -0.339 e. The largest absolute Gasteiger partial charge is 0.339 e. The van der Waals surface area contributed by atoms with Crippen LogP contribution in [0.3, 0.4) is 0 Å². The lowest BCUT2D eigenvalue weighted by atomic mass is 9.84. The summed E-state index contributed by atoms with van der Waals surface area (Å²) < 4.78 is 0. The number of amides is 1. The number of piperidine rings is 1. The first kappa shape index (κ1) is 18.3. The third-order valence-corrected chi connectivity index (χ3v) is 6.57. The van der Waals surface area contributed by atoms with Gasteiger partial charge in [-0.05, 0) is 48.9 Å². The van der Waals surface area contributed by atoms with Crippen LogP contribution in [0.1, 0.15) is 36.4 Å². The predicted octanol–water partition coefficient (Wildman–Crippen LogP) is 3.52. The van der Waals surface area contributed by atoms with Crippen molar-refractivity contribution in [2.75, 3.05) is 24.7 Å². The van der Waals surface area contributed by atoms with Gasteiger partial charge in [-0.2, -0.15) is 0 Å². The molecule has 1 aliphatic carbocycles. The second-order valence-electron chi connectivity index (χ2n) is 7.75. The van der Waals surface area contributed by atoms with Crippen molar-refractivity contribution in [3.8, 4) is 0 Å². The van der Waals surface area contributed by atoms with E-state index in [-0.39, 0.29) is 23.9 Å². The first-order chi connectivity index (χ1) is 12.8. The third kappa shape index (κ3) is 2.91. The van der Waals surface area contributed by atoms with Crippen molar-refractivity contribution in [1.29, 1.82) is 0 Å². The van der Waals surface area contributed by atoms with E-state index < -0.39 is 0 Å². The average Bonchev–Trinajstić information content (AvgIpc) is 3.26. The molecule has 0 aromatic heterocycles. The molecule has 3 aliphatic rings. The molecule has 0 bridgehead atoms. The Morgan fingerprint density at radius 2 is 1.67 bits per heavy atom. The Morgan fingerprint density at radius 1 is 0.963 bits per heavy atom. The van der Waals surface area contributed by atoms with Gasteiger partial charge in [-0.25, -0.2) is 0 Å². The molecule has 2 aromatic rings. The van der Waals surface area contributed by atoms with E-state index in [1.165, 1.54) is 24.0 Å². The molecule has 142 valence electrons. The Kier molecular flexibility index (Phi) is 4.87. The normalized spacial score (nSPS) is 23.8. The van der Waals surface area contributed by atoms with Crippen molar-refractivity contribution in [3.05, 3.63) is 65.7 Å². The van der Waals surface area contributed by atoms with Gasteiger partial charge in [0.2, 0.25) is 5.91 Å². The Balaban J connectivity index is 0.00000180. The quantitative estimate of drug-likeness (QED) is 0.861. The molecular weight excluding hydrogens is 358 g/mol. The maximum absolute atomic E-state index is 12.8. The van der Waals surface area contributed by atoms with Crippen LogP contribution in [0.5, 0.6) is 0 Å². The standard InChI is InChI=1S/C22H25N3O.ClH/c26-21-22(25(16-23-21)18-7-2-1-3-8-18)12-14-24(15-13-22)20-11-10-17-6-4-5-9-19(17)20;/h1-9,20H,10-16H2,(H,23,26);1H/t20-;/m0./s1. The molecule has 2 heterocycles. The topological polar surface area (TPSA) is 35.6 Å². The fourth-order valence-corrected chi connectivity index (χ4v) is 5.15. The van der Waals surface area contributed by atoms with E-state index in [9.17, 15) is 4.79 Å². The molecular formula is C22H26ClN3O. The van der Waals surface area contributed by atoms with Crippen molar-refractivity contribution in [2.45, 2.75) is 37.3 Å². The third-order valence-electron chi connectivity index (χ3n) is 6.57. The molecule has 5 rings (SSSR count). The summed E-state index contributed by atoms with van der Waals surface area (Å²) >= 11 is 0. The van der Waals surface area contributed by atoms with Gasteiger partial charge in [0.05, 0.1) is 6.67 Å². The highest BCUT2D eigenvalue weighted by Crippen LogP contribution is 2.41. The smallest absolute Gasteiger partial charge is 0.247 e. The molecule has 5 heteroatoms. The molecule has 2 fully saturated rings. The van der Waals surface area contributed by atoms with Crippen LogP contribution in [-0.2, 0) is 11.2 Å². The number of fused-ring (bicyclic) bond motifs is 1. The van der Waals surface area contributed by atoms with Crippen LogP contribution in [0, 0.1) is 0 Å². The van der Waals surface area contributed by atoms with Gasteiger partial charge in [0.15, 0.2) is 0 Å². The summed E-state index contributed by atoms with van der Waals surface area (Å²) in [5.74, 6) is 0.202. The SMILES string of the molecule is Cl.O=C1NCN(c2ccccc2)C12CCN([C@H]1CCc3ccccc31)CC2. The number of carbonyl (C=O) groups is 1. The molecule has 1 spiro atoms. The molecule has 1 amide bonds. The highest BCUT2D eigenvalue weighted by molar-refractivity contribution is 5.93. The minimum absolute atomic E-state index is 0. The van der Waals surface area contributed by atoms with Crippen molar-refractivity contribution in [3.63, 3.8) is 0 Å². The average molecular weight is 384 g/mol. The van der Waals surface area contributed by atoms with E-state index >= 15 is 0 Å². The monoisotopic (exact) mass is 383 g/mol. The predicted molar refractivity (Wildman–Crippen MR) is 110 cm³/mol. The van der Waals surface area contributed by atoms with E-state index in [0.717, 1.165) is 31.6 Å². The Bertz CT molecular complexity index is 817. The summed E-state index contributed by atoms with van der Waals surface area (Å²) in [6.45, 7) is 2.58. The number of anilines is 1. The van der Waals surface area contributed by atoms with Crippen LogP contribution < -0.4 is 10.2 Å². The summed E-state index contributed by atoms with van der Waals surface area (Å²) in [5.41, 5.74) is 3.77. The second-order valence-corrected chi connectivity index (χ2v) is 7.75. The molecule has 2 aliphatic heterocycles. The lowest BCUT2D eigenvalue weighted by molar-refractivity contribution is -0.125. The van der Waals surface area contributed by atoms with Gasteiger partial charge in [0, 0.05) is 24.8 Å². The van der Waals surface area contributed by atoms with Gasteiger partial charge in [-0.15, -0.1) is 12.4 Å². The van der Waals surface area contributed by atoms with Crippen molar-refractivity contribution >= 4 is 24.0 Å². The van der Waals surface area contributed by atoms with Gasteiger partial charge in [0.1, 0.15) is 5.54 Å². The van der Waals surface area contributed by atoms with Gasteiger partial charge in [-0.3, -0.25) is 9.69 Å². The van der Waals surface area contributed by atoms with Crippen molar-refractivity contribution < 1.29 is 4.79 Å². The zero-order valence-corrected chi connectivity index (χ0v) is 16.3. The van der Waals surface area contributed by atoms with E-state index in [0.29, 0.717) is 12.7 Å². The number of benzene rings is 2. The first-order valence-corrected chi connectivity index (χ1v) is 9.71. The molecule has 0 unspecified atom stereocenters. The Morgan fingerprint density at radius 3 is 2.44 bits per heavy atom. The fraction of sp³-hybridized carbons (Fsp3) is 0.409. The lowest BCUT2D eigenvalue weighted by Gasteiger charge is -2.45. The van der Waals surface area contributed by atoms with E-state index in [2.05, 4.69) is 63.6 Å². The summed E-state index contributed by atoms with van der Waals surface area (Å²) in [4.78, 5) is 17.7. The number of nitrogens with zero attached hydrogens (tertiary/aromatic N) is 2. The highest BCUT2D eigenvalue weighted by Gasteiger charge is 2.51. The van der Waals surface area contributed by atoms with E-state index in [1.807, 2.05) is 6.07 Å². The zero-order valence-electron chi connectivity index (χ0n) is 15.4. The highest BCUT2D eigenvalue weighted by atomic mass is 35.5. The van der Waals surface area contributed by atoms with Crippen molar-refractivity contribution in [2.24, 2.45) is 0 Å². The number of halogens is 1. The summed E-state index contributed by atoms with van der Waals surface area (Å²) in [6.07, 6.45) is 4.18. The van der Waals surface area contributed by atoms with Gasteiger partial charge in [0.25, 0.3) is 0 Å². The summed E-state index contributed by atoms with van der Waals surface area (Å²) in [7, 11) is 0. The Hall–Kier alpha value is -2.04.